The summed E-state index contributed by atoms with van der Waals surface area (Å²) in [6.45, 7) is 1.92. The van der Waals surface area contributed by atoms with E-state index in [1.54, 1.807) is 6.92 Å². The van der Waals surface area contributed by atoms with Crippen LogP contribution in [0.25, 0.3) is 6.08 Å². The molecule has 17 heavy (non-hydrogen) atoms. The van der Waals surface area contributed by atoms with Gasteiger partial charge in [-0.05, 0) is 25.1 Å². The Labute approximate surface area is 103 Å². The van der Waals surface area contributed by atoms with Gasteiger partial charge in [0, 0.05) is 17.2 Å². The lowest BCUT2D eigenvalue weighted by molar-refractivity contribution is -0.385. The normalized spacial score (nSPS) is 10.5. The van der Waals surface area contributed by atoms with E-state index < -0.39 is 10.9 Å². The minimum Gasteiger partial charge on any atom is -0.463 e. The molecule has 0 atom stereocenters. The molecular formula is C11H10ClNO4. The number of nitro groups is 1. The van der Waals surface area contributed by atoms with Crippen LogP contribution in [0.15, 0.2) is 24.3 Å². The maximum absolute atomic E-state index is 11.1. The smallest absolute Gasteiger partial charge is 0.330 e. The second kappa shape index (κ2) is 6.00. The topological polar surface area (TPSA) is 69.4 Å². The summed E-state index contributed by atoms with van der Waals surface area (Å²) < 4.78 is 4.67. The molecule has 0 aliphatic rings. The Hall–Kier alpha value is -1.88. The zero-order chi connectivity index (χ0) is 12.8. The molecule has 0 N–H and O–H groups in total. The van der Waals surface area contributed by atoms with Crippen molar-refractivity contribution in [1.82, 2.24) is 0 Å². The van der Waals surface area contributed by atoms with Gasteiger partial charge in [-0.25, -0.2) is 4.79 Å². The highest BCUT2D eigenvalue weighted by molar-refractivity contribution is 6.30. The average Bonchev–Trinajstić information content (AvgIpc) is 2.26. The fourth-order valence-electron chi connectivity index (χ4n) is 1.17. The van der Waals surface area contributed by atoms with E-state index in [0.29, 0.717) is 5.02 Å². The van der Waals surface area contributed by atoms with Gasteiger partial charge in [0.2, 0.25) is 0 Å². The molecule has 0 fully saturated rings. The molecule has 1 aromatic carbocycles. The lowest BCUT2D eigenvalue weighted by atomic mass is 10.1. The number of esters is 1. The van der Waals surface area contributed by atoms with Gasteiger partial charge in [0.25, 0.3) is 5.69 Å². The number of carbonyl (C=O) groups is 1. The summed E-state index contributed by atoms with van der Waals surface area (Å²) in [6.07, 6.45) is 2.43. The molecule has 0 unspecified atom stereocenters. The summed E-state index contributed by atoms with van der Waals surface area (Å²) in [6, 6.07) is 4.12. The van der Waals surface area contributed by atoms with Crippen molar-refractivity contribution < 1.29 is 14.5 Å². The first kappa shape index (κ1) is 13.2. The molecule has 0 bridgehead atoms. The molecule has 0 spiro atoms. The number of carbonyl (C=O) groups excluding carboxylic acids is 1. The third kappa shape index (κ3) is 3.88. The number of halogens is 1. The molecule has 0 aromatic heterocycles. The van der Waals surface area contributed by atoms with E-state index in [1.165, 1.54) is 24.3 Å². The highest BCUT2D eigenvalue weighted by Gasteiger charge is 2.11. The van der Waals surface area contributed by atoms with Crippen LogP contribution in [0, 0.1) is 10.1 Å². The summed E-state index contributed by atoms with van der Waals surface area (Å²) in [5.74, 6) is -0.554. The van der Waals surface area contributed by atoms with Gasteiger partial charge in [0.05, 0.1) is 17.1 Å². The van der Waals surface area contributed by atoms with E-state index in [-0.39, 0.29) is 17.9 Å². The quantitative estimate of drug-likeness (QED) is 0.359. The number of benzene rings is 1. The van der Waals surface area contributed by atoms with Crippen molar-refractivity contribution in [3.05, 3.63) is 45.0 Å². The van der Waals surface area contributed by atoms with Gasteiger partial charge in [-0.15, -0.1) is 0 Å². The summed E-state index contributed by atoms with van der Waals surface area (Å²) in [5, 5.41) is 11.1. The van der Waals surface area contributed by atoms with Gasteiger partial charge in [-0.2, -0.15) is 0 Å². The summed E-state index contributed by atoms with van der Waals surface area (Å²) in [7, 11) is 0. The molecular weight excluding hydrogens is 246 g/mol. The zero-order valence-corrected chi connectivity index (χ0v) is 9.81. The van der Waals surface area contributed by atoms with Crippen LogP contribution in [-0.4, -0.2) is 17.5 Å². The molecule has 0 saturated heterocycles. The second-order valence-corrected chi connectivity index (χ2v) is 3.48. The van der Waals surface area contributed by atoms with Crippen molar-refractivity contribution in [2.24, 2.45) is 0 Å². The predicted octanol–water partition coefficient (Wildman–Crippen LogP) is 2.82. The van der Waals surface area contributed by atoms with Gasteiger partial charge in [-0.3, -0.25) is 10.1 Å². The van der Waals surface area contributed by atoms with E-state index in [2.05, 4.69) is 4.74 Å². The number of nitrogens with zero attached hydrogens (tertiary/aromatic N) is 1. The SMILES string of the molecule is CCOC(=O)C=Cc1cc(Cl)ccc1[N+](=O)[O-]. The maximum atomic E-state index is 11.1. The Bertz CT molecular complexity index is 471. The van der Waals surface area contributed by atoms with Crippen LogP contribution in [0.1, 0.15) is 12.5 Å². The third-order valence-corrected chi connectivity index (χ3v) is 2.11. The summed E-state index contributed by atoms with van der Waals surface area (Å²) in [5.41, 5.74) is 0.144. The molecule has 1 rings (SSSR count). The van der Waals surface area contributed by atoms with Crippen LogP contribution >= 0.6 is 11.6 Å². The Balaban J connectivity index is 3.00. The number of hydrogen-bond acceptors (Lipinski definition) is 4. The van der Waals surface area contributed by atoms with Crippen LogP contribution in [0.5, 0.6) is 0 Å². The van der Waals surface area contributed by atoms with E-state index in [1.807, 2.05) is 0 Å². The fraction of sp³-hybridized carbons (Fsp3) is 0.182. The number of rotatable bonds is 4. The molecule has 6 heteroatoms. The Morgan fingerprint density at radius 1 is 1.59 bits per heavy atom. The minimum absolute atomic E-state index is 0.116. The van der Waals surface area contributed by atoms with Crippen molar-refractivity contribution in [1.29, 1.82) is 0 Å². The lowest BCUT2D eigenvalue weighted by Gasteiger charge is -1.98. The molecule has 0 amide bonds. The van der Waals surface area contributed by atoms with Crippen LogP contribution in [0.2, 0.25) is 5.02 Å². The van der Waals surface area contributed by atoms with Crippen molar-refractivity contribution >= 4 is 29.3 Å². The van der Waals surface area contributed by atoms with Gasteiger partial charge < -0.3 is 4.74 Å². The lowest BCUT2D eigenvalue weighted by Crippen LogP contribution is -1.99. The van der Waals surface area contributed by atoms with E-state index in [4.69, 9.17) is 11.6 Å². The first-order chi connectivity index (χ1) is 8.04. The largest absolute Gasteiger partial charge is 0.463 e. The van der Waals surface area contributed by atoms with Crippen molar-refractivity contribution in [3.8, 4) is 0 Å². The fourth-order valence-corrected chi connectivity index (χ4v) is 1.35. The monoisotopic (exact) mass is 255 g/mol. The van der Waals surface area contributed by atoms with Crippen molar-refractivity contribution in [2.75, 3.05) is 6.61 Å². The maximum Gasteiger partial charge on any atom is 0.330 e. The summed E-state index contributed by atoms with van der Waals surface area (Å²) >= 11 is 5.73. The molecule has 0 saturated carbocycles. The molecule has 0 aliphatic heterocycles. The highest BCUT2D eigenvalue weighted by Crippen LogP contribution is 2.23. The average molecular weight is 256 g/mol. The number of nitro benzene ring substituents is 1. The number of ether oxygens (including phenoxy) is 1. The standard InChI is InChI=1S/C11H10ClNO4/c1-2-17-11(14)6-3-8-7-9(12)4-5-10(8)13(15)16/h3-7H,2H2,1H3. The Morgan fingerprint density at radius 3 is 2.88 bits per heavy atom. The molecule has 0 heterocycles. The van der Waals surface area contributed by atoms with Crippen LogP contribution < -0.4 is 0 Å². The van der Waals surface area contributed by atoms with Gasteiger partial charge in [0.1, 0.15) is 0 Å². The van der Waals surface area contributed by atoms with Crippen LogP contribution in [-0.2, 0) is 9.53 Å². The van der Waals surface area contributed by atoms with E-state index in [0.717, 1.165) is 6.08 Å². The third-order valence-electron chi connectivity index (χ3n) is 1.87. The second-order valence-electron chi connectivity index (χ2n) is 3.05. The predicted molar refractivity (Wildman–Crippen MR) is 63.8 cm³/mol. The van der Waals surface area contributed by atoms with E-state index in [9.17, 15) is 14.9 Å². The molecule has 0 aliphatic carbocycles. The Kier molecular flexibility index (Phi) is 4.66. The molecule has 0 radical (unpaired) electrons. The van der Waals surface area contributed by atoms with Crippen molar-refractivity contribution in [2.45, 2.75) is 6.92 Å². The van der Waals surface area contributed by atoms with Crippen LogP contribution in [0.4, 0.5) is 5.69 Å². The first-order valence-electron chi connectivity index (χ1n) is 4.83. The van der Waals surface area contributed by atoms with Gasteiger partial charge in [0.15, 0.2) is 0 Å². The zero-order valence-electron chi connectivity index (χ0n) is 9.05. The first-order valence-corrected chi connectivity index (χ1v) is 5.21. The van der Waals surface area contributed by atoms with Crippen LogP contribution in [0.3, 0.4) is 0 Å². The molecule has 5 nitrogen and oxygen atoms in total. The molecule has 90 valence electrons. The van der Waals surface area contributed by atoms with Gasteiger partial charge in [-0.1, -0.05) is 11.6 Å². The summed E-state index contributed by atoms with van der Waals surface area (Å²) in [4.78, 5) is 21.2. The number of hydrogen-bond donors (Lipinski definition) is 0. The molecule has 1 aromatic rings. The van der Waals surface area contributed by atoms with Gasteiger partial charge >= 0.3 is 5.97 Å². The van der Waals surface area contributed by atoms with E-state index >= 15 is 0 Å². The van der Waals surface area contributed by atoms with Crippen molar-refractivity contribution in [3.63, 3.8) is 0 Å². The Morgan fingerprint density at radius 2 is 2.29 bits per heavy atom. The minimum atomic E-state index is -0.554. The highest BCUT2D eigenvalue weighted by atomic mass is 35.5.